The minimum atomic E-state index is -0.285. The van der Waals surface area contributed by atoms with Gasteiger partial charge in [-0.05, 0) is 24.3 Å². The number of nitrogens with one attached hydrogen (secondary N) is 1. The quantitative estimate of drug-likeness (QED) is 0.289. The third kappa shape index (κ3) is 2.77. The average Bonchev–Trinajstić information content (AvgIpc) is 3.39. The number of thiazole rings is 1. The Morgan fingerprint density at radius 2 is 2.07 bits per heavy atom. The summed E-state index contributed by atoms with van der Waals surface area (Å²) in [7, 11) is 0. The van der Waals surface area contributed by atoms with Crippen molar-refractivity contribution < 1.29 is 9.59 Å². The predicted molar refractivity (Wildman–Crippen MR) is 118 cm³/mol. The molecule has 2 aromatic carbocycles. The van der Waals surface area contributed by atoms with E-state index in [-0.39, 0.29) is 11.7 Å². The minimum Gasteiger partial charge on any atom is -0.360 e. The fourth-order valence-corrected chi connectivity index (χ4v) is 5.13. The Kier molecular flexibility index (Phi) is 4.12. The van der Waals surface area contributed by atoms with Crippen molar-refractivity contribution in [2.75, 3.05) is 4.90 Å². The topological polar surface area (TPSA) is 66.1 Å². The molecular formula is C20H11N3O2S3. The lowest BCUT2D eigenvalue weighted by atomic mass is 10.1. The number of aromatic nitrogens is 2. The molecule has 8 heteroatoms. The lowest BCUT2D eigenvalue weighted by Gasteiger charge is -2.14. The molecule has 4 aromatic rings. The number of benzene rings is 2. The molecule has 5 rings (SSSR count). The van der Waals surface area contributed by atoms with E-state index in [4.69, 9.17) is 12.2 Å². The van der Waals surface area contributed by atoms with E-state index in [0.29, 0.717) is 20.5 Å². The number of H-pyrrole nitrogens is 1. The van der Waals surface area contributed by atoms with Crippen LogP contribution in [-0.2, 0) is 4.79 Å². The number of rotatable bonds is 3. The molecule has 2 aromatic heterocycles. The van der Waals surface area contributed by atoms with Gasteiger partial charge in [0.05, 0.1) is 26.3 Å². The maximum Gasteiger partial charge on any atom is 0.270 e. The van der Waals surface area contributed by atoms with Crippen LogP contribution in [0.2, 0.25) is 0 Å². The number of carbonyl (C=O) groups excluding carboxylic acids is 2. The van der Waals surface area contributed by atoms with Crippen molar-refractivity contribution in [2.24, 2.45) is 0 Å². The Labute approximate surface area is 173 Å². The van der Waals surface area contributed by atoms with E-state index in [1.165, 1.54) is 22.3 Å². The smallest absolute Gasteiger partial charge is 0.270 e. The molecule has 0 spiro atoms. The summed E-state index contributed by atoms with van der Waals surface area (Å²) in [6.07, 6.45) is 3.04. The lowest BCUT2D eigenvalue weighted by Crippen LogP contribution is -2.27. The number of ketones is 1. The fraction of sp³-hybridized carbons (Fsp3) is 0. The number of amides is 1. The van der Waals surface area contributed by atoms with Crippen LogP contribution in [0.5, 0.6) is 0 Å². The van der Waals surface area contributed by atoms with E-state index in [0.717, 1.165) is 32.9 Å². The van der Waals surface area contributed by atoms with E-state index in [1.54, 1.807) is 11.7 Å². The van der Waals surface area contributed by atoms with Crippen LogP contribution in [0.15, 0.2) is 65.2 Å². The van der Waals surface area contributed by atoms with Crippen LogP contribution in [0, 0.1) is 0 Å². The van der Waals surface area contributed by atoms with Crippen LogP contribution < -0.4 is 4.90 Å². The fourth-order valence-electron chi connectivity index (χ4n) is 3.15. The van der Waals surface area contributed by atoms with Crippen molar-refractivity contribution in [3.8, 4) is 0 Å². The molecule has 0 bridgehead atoms. The molecule has 1 N–H and O–H groups in total. The van der Waals surface area contributed by atoms with Crippen molar-refractivity contribution in [3.05, 3.63) is 70.7 Å². The molecule has 0 aliphatic carbocycles. The Hall–Kier alpha value is -2.81. The summed E-state index contributed by atoms with van der Waals surface area (Å²) in [5, 5.41) is 0.829. The largest absolute Gasteiger partial charge is 0.360 e. The predicted octanol–water partition coefficient (Wildman–Crippen LogP) is 4.91. The Balaban J connectivity index is 1.48. The molecule has 0 unspecified atom stereocenters. The zero-order valence-electron chi connectivity index (χ0n) is 14.2. The molecular weight excluding hydrogens is 410 g/mol. The van der Waals surface area contributed by atoms with Crippen molar-refractivity contribution >= 4 is 78.1 Å². The molecule has 1 aliphatic rings. The van der Waals surface area contributed by atoms with Crippen LogP contribution in [0.1, 0.15) is 10.4 Å². The van der Waals surface area contributed by atoms with Gasteiger partial charge in [-0.2, -0.15) is 0 Å². The van der Waals surface area contributed by atoms with E-state index < -0.39 is 0 Å². The van der Waals surface area contributed by atoms with E-state index in [2.05, 4.69) is 9.97 Å². The molecule has 1 saturated heterocycles. The molecule has 1 amide bonds. The molecule has 0 saturated carbocycles. The van der Waals surface area contributed by atoms with Crippen LogP contribution in [0.25, 0.3) is 21.1 Å². The summed E-state index contributed by atoms with van der Waals surface area (Å²) in [5.41, 5.74) is 4.74. The average molecular weight is 422 g/mol. The van der Waals surface area contributed by atoms with E-state index in [9.17, 15) is 9.59 Å². The number of hydrogen-bond donors (Lipinski definition) is 1. The zero-order chi connectivity index (χ0) is 19.3. The van der Waals surface area contributed by atoms with Gasteiger partial charge in [0.1, 0.15) is 0 Å². The van der Waals surface area contributed by atoms with E-state index in [1.807, 2.05) is 42.5 Å². The first-order valence-electron chi connectivity index (χ1n) is 8.33. The molecule has 0 atom stereocenters. The first-order chi connectivity index (χ1) is 13.6. The van der Waals surface area contributed by atoms with Gasteiger partial charge in [0.2, 0.25) is 0 Å². The third-order valence-corrected chi connectivity index (χ3v) is 6.58. The Morgan fingerprint density at radius 3 is 2.96 bits per heavy atom. The second kappa shape index (κ2) is 6.66. The standard InChI is InChI=1S/C20H11N3O2S3/c24-16(13-9-21-14-4-2-1-3-12(13)14)8-18-19(25)23(20(26)28-18)11-5-6-15-17(7-11)27-10-22-15/h1-10,21H. The van der Waals surface area contributed by atoms with Crippen LogP contribution in [-0.4, -0.2) is 26.0 Å². The first-order valence-corrected chi connectivity index (χ1v) is 10.4. The van der Waals surface area contributed by atoms with Crippen LogP contribution in [0.4, 0.5) is 5.69 Å². The van der Waals surface area contributed by atoms with Gasteiger partial charge < -0.3 is 4.98 Å². The minimum absolute atomic E-state index is 0.226. The van der Waals surface area contributed by atoms with Gasteiger partial charge in [-0.15, -0.1) is 11.3 Å². The highest BCUT2D eigenvalue weighted by molar-refractivity contribution is 8.27. The summed E-state index contributed by atoms with van der Waals surface area (Å²) in [6.45, 7) is 0. The number of para-hydroxylation sites is 1. The highest BCUT2D eigenvalue weighted by Gasteiger charge is 2.34. The lowest BCUT2D eigenvalue weighted by molar-refractivity contribution is -0.113. The monoisotopic (exact) mass is 421 g/mol. The maximum atomic E-state index is 12.9. The van der Waals surface area contributed by atoms with Gasteiger partial charge in [0.25, 0.3) is 5.91 Å². The number of anilines is 1. The summed E-state index contributed by atoms with van der Waals surface area (Å²) < 4.78 is 1.39. The molecule has 3 heterocycles. The van der Waals surface area contributed by atoms with Crippen LogP contribution in [0.3, 0.4) is 0 Å². The van der Waals surface area contributed by atoms with Gasteiger partial charge >= 0.3 is 0 Å². The van der Waals surface area contributed by atoms with Gasteiger partial charge in [0, 0.05) is 28.7 Å². The molecule has 1 fully saturated rings. The number of aromatic amines is 1. The normalized spacial score (nSPS) is 16.0. The third-order valence-electron chi connectivity index (χ3n) is 4.48. The number of carbonyl (C=O) groups is 2. The van der Waals surface area contributed by atoms with E-state index >= 15 is 0 Å². The second-order valence-corrected chi connectivity index (χ2v) is 8.70. The second-order valence-electron chi connectivity index (χ2n) is 6.13. The Morgan fingerprint density at radius 1 is 1.21 bits per heavy atom. The number of hydrogen-bond acceptors (Lipinski definition) is 6. The summed E-state index contributed by atoms with van der Waals surface area (Å²) in [6, 6.07) is 13.1. The number of nitrogens with zero attached hydrogens (tertiary/aromatic N) is 2. The van der Waals surface area contributed by atoms with Gasteiger partial charge in [0.15, 0.2) is 10.1 Å². The van der Waals surface area contributed by atoms with Gasteiger partial charge in [-0.1, -0.05) is 42.2 Å². The first kappa shape index (κ1) is 17.3. The SMILES string of the molecule is O=C(C=C1SC(=S)N(c2ccc3ncsc3c2)C1=O)c1c[nH]c2ccccc12. The van der Waals surface area contributed by atoms with Crippen LogP contribution >= 0.6 is 35.3 Å². The summed E-state index contributed by atoms with van der Waals surface area (Å²) in [4.78, 5) is 34.8. The zero-order valence-corrected chi connectivity index (χ0v) is 16.7. The molecule has 5 nitrogen and oxygen atoms in total. The number of allylic oxidation sites excluding steroid dienone is 1. The molecule has 136 valence electrons. The molecule has 28 heavy (non-hydrogen) atoms. The highest BCUT2D eigenvalue weighted by Crippen LogP contribution is 2.36. The number of fused-ring (bicyclic) bond motifs is 2. The van der Waals surface area contributed by atoms with Crippen molar-refractivity contribution in [2.45, 2.75) is 0 Å². The summed E-state index contributed by atoms with van der Waals surface area (Å²) in [5.74, 6) is -0.511. The Bertz CT molecular complexity index is 1320. The summed E-state index contributed by atoms with van der Waals surface area (Å²) >= 11 is 8.05. The number of thiocarbonyl (C=S) groups is 1. The van der Waals surface area contributed by atoms with Crippen molar-refractivity contribution in [1.82, 2.24) is 9.97 Å². The maximum absolute atomic E-state index is 12.9. The van der Waals surface area contributed by atoms with Gasteiger partial charge in [-0.25, -0.2) is 4.98 Å². The molecule has 0 radical (unpaired) electrons. The van der Waals surface area contributed by atoms with Crippen molar-refractivity contribution in [1.29, 1.82) is 0 Å². The molecule has 1 aliphatic heterocycles. The van der Waals surface area contributed by atoms with Crippen molar-refractivity contribution in [3.63, 3.8) is 0 Å². The number of thioether (sulfide) groups is 1. The van der Waals surface area contributed by atoms with Gasteiger partial charge in [-0.3, -0.25) is 14.5 Å². The highest BCUT2D eigenvalue weighted by atomic mass is 32.2.